The van der Waals surface area contributed by atoms with E-state index in [1.54, 1.807) is 23.9 Å². The molecule has 1 aliphatic heterocycles. The number of benzene rings is 3. The van der Waals surface area contributed by atoms with Crippen molar-refractivity contribution in [3.05, 3.63) is 122 Å². The highest BCUT2D eigenvalue weighted by Gasteiger charge is 2.31. The molecule has 1 saturated heterocycles. The maximum absolute atomic E-state index is 14.3. The summed E-state index contributed by atoms with van der Waals surface area (Å²) >= 11 is 0. The van der Waals surface area contributed by atoms with Gasteiger partial charge in [-0.15, -0.1) is 0 Å². The van der Waals surface area contributed by atoms with Crippen LogP contribution in [-0.2, 0) is 26.6 Å². The Morgan fingerprint density at radius 3 is 2.14 bits per heavy atom. The molecular formula is C33H36F3N5O2. The van der Waals surface area contributed by atoms with Gasteiger partial charge < -0.3 is 10.6 Å². The van der Waals surface area contributed by atoms with Crippen LogP contribution in [-0.4, -0.2) is 50.7 Å². The molecule has 0 radical (unpaired) electrons. The van der Waals surface area contributed by atoms with E-state index in [4.69, 9.17) is 5.73 Å². The van der Waals surface area contributed by atoms with Gasteiger partial charge in [0.1, 0.15) is 23.0 Å². The molecule has 10 heteroatoms. The number of nitrogens with two attached hydrogens (primary N) is 1. The molecule has 2 N–H and O–H groups in total. The molecular weight excluding hydrogens is 555 g/mol. The van der Waals surface area contributed by atoms with Gasteiger partial charge in [-0.25, -0.2) is 17.9 Å². The van der Waals surface area contributed by atoms with Gasteiger partial charge in [-0.1, -0.05) is 30.3 Å². The minimum atomic E-state index is -0.869. The van der Waals surface area contributed by atoms with Crippen molar-refractivity contribution >= 4 is 5.91 Å². The zero-order valence-electron chi connectivity index (χ0n) is 24.4. The molecule has 0 aliphatic carbocycles. The van der Waals surface area contributed by atoms with Gasteiger partial charge in [-0.2, -0.15) is 0 Å². The fourth-order valence-corrected chi connectivity index (χ4v) is 5.82. The number of carbonyl (C=O) groups excluding carboxylic acids is 1. The van der Waals surface area contributed by atoms with Gasteiger partial charge in [-0.05, 0) is 73.7 Å². The predicted molar refractivity (Wildman–Crippen MR) is 159 cm³/mol. The third-order valence-corrected chi connectivity index (χ3v) is 8.50. The number of piperidine rings is 1. The van der Waals surface area contributed by atoms with Gasteiger partial charge in [0.25, 0.3) is 11.5 Å². The van der Waals surface area contributed by atoms with E-state index in [1.807, 2.05) is 19.1 Å². The molecule has 1 aliphatic rings. The topological polar surface area (TPSA) is 76.5 Å². The summed E-state index contributed by atoms with van der Waals surface area (Å²) in [5.74, 6) is -2.77. The number of halogens is 3. The average Bonchev–Trinajstić information content (AvgIpc) is 3.22. The first-order valence-electron chi connectivity index (χ1n) is 14.5. The van der Waals surface area contributed by atoms with Crippen molar-refractivity contribution in [2.75, 3.05) is 19.6 Å². The molecule has 0 spiro atoms. The number of nitrogens with zero attached hydrogens (tertiary/aromatic N) is 4. The summed E-state index contributed by atoms with van der Waals surface area (Å²) in [6.07, 6.45) is 1.92. The first-order valence-corrected chi connectivity index (χ1v) is 14.5. The number of hydrogen-bond acceptors (Lipinski definition) is 4. The summed E-state index contributed by atoms with van der Waals surface area (Å²) in [4.78, 5) is 30.5. The van der Waals surface area contributed by atoms with E-state index < -0.39 is 23.1 Å². The Morgan fingerprint density at radius 2 is 1.53 bits per heavy atom. The van der Waals surface area contributed by atoms with Crippen molar-refractivity contribution in [1.29, 1.82) is 0 Å². The number of likely N-dealkylation sites (tertiary alicyclic amines) is 1. The summed E-state index contributed by atoms with van der Waals surface area (Å²) in [5, 5.41) is 0. The molecule has 0 unspecified atom stereocenters. The maximum atomic E-state index is 14.3. The van der Waals surface area contributed by atoms with Crippen LogP contribution in [0.4, 0.5) is 13.2 Å². The lowest BCUT2D eigenvalue weighted by molar-refractivity contribution is 0.0599. The molecule has 2 heterocycles. The molecule has 5 rings (SSSR count). The van der Waals surface area contributed by atoms with Crippen LogP contribution in [0.2, 0.25) is 0 Å². The second-order valence-electron chi connectivity index (χ2n) is 11.0. The molecule has 0 atom stereocenters. The summed E-state index contributed by atoms with van der Waals surface area (Å²) in [5.41, 5.74) is 9.24. The van der Waals surface area contributed by atoms with Gasteiger partial charge in [-0.3, -0.25) is 19.2 Å². The van der Waals surface area contributed by atoms with Crippen molar-refractivity contribution in [1.82, 2.24) is 19.2 Å². The molecule has 1 fully saturated rings. The molecule has 1 amide bonds. The quantitative estimate of drug-likeness (QED) is 0.306. The van der Waals surface area contributed by atoms with Crippen molar-refractivity contribution < 1.29 is 18.0 Å². The molecule has 4 aromatic rings. The molecule has 3 aromatic carbocycles. The van der Waals surface area contributed by atoms with Crippen LogP contribution in [0.5, 0.6) is 0 Å². The van der Waals surface area contributed by atoms with Crippen LogP contribution >= 0.6 is 0 Å². The number of rotatable bonds is 9. The highest BCUT2D eigenvalue weighted by molar-refractivity contribution is 5.94. The SMILES string of the molecule is Cc1c(CN(CCc2ccc(CN)cc2)C2CCN(C(=O)c3c(F)cccc3F)CC2)c(=O)n(-c2ccc(F)cc2)n1C. The summed E-state index contributed by atoms with van der Waals surface area (Å²) in [6.45, 7) is 4.08. The Labute approximate surface area is 248 Å². The third-order valence-electron chi connectivity index (χ3n) is 8.50. The Hall–Kier alpha value is -4.15. The zero-order valence-corrected chi connectivity index (χ0v) is 24.4. The van der Waals surface area contributed by atoms with Crippen LogP contribution in [0.3, 0.4) is 0 Å². The largest absolute Gasteiger partial charge is 0.338 e. The maximum Gasteiger partial charge on any atom is 0.276 e. The molecule has 1 aromatic heterocycles. The van der Waals surface area contributed by atoms with Crippen LogP contribution in [0.25, 0.3) is 5.69 Å². The zero-order chi connectivity index (χ0) is 30.7. The standard InChI is InChI=1S/C33H36F3N5O2/c1-22-28(32(42)41(38(22)2)27-12-10-25(34)11-13-27)21-40(17-14-23-6-8-24(20-37)9-7-23)26-15-18-39(19-16-26)33(43)31-29(35)4-3-5-30(31)36/h3-13,26H,14-21,37H2,1-2H3. The second kappa shape index (κ2) is 13.0. The van der Waals surface area contributed by atoms with Crippen LogP contribution in [0, 0.1) is 24.4 Å². The van der Waals surface area contributed by atoms with Crippen molar-refractivity contribution in [2.24, 2.45) is 12.8 Å². The Balaban J connectivity index is 1.38. The fourth-order valence-electron chi connectivity index (χ4n) is 5.82. The van der Waals surface area contributed by atoms with Gasteiger partial charge in [0.2, 0.25) is 0 Å². The molecule has 226 valence electrons. The lowest BCUT2D eigenvalue weighted by atomic mass is 10.00. The van der Waals surface area contributed by atoms with E-state index in [-0.39, 0.29) is 17.4 Å². The first-order chi connectivity index (χ1) is 20.7. The molecule has 7 nitrogen and oxygen atoms in total. The second-order valence-corrected chi connectivity index (χ2v) is 11.0. The Bertz CT molecular complexity index is 1620. The summed E-state index contributed by atoms with van der Waals surface area (Å²) < 4.78 is 45.5. The predicted octanol–water partition coefficient (Wildman–Crippen LogP) is 4.71. The van der Waals surface area contributed by atoms with Crippen LogP contribution in [0.1, 0.15) is 45.6 Å². The summed E-state index contributed by atoms with van der Waals surface area (Å²) in [7, 11) is 1.80. The molecule has 43 heavy (non-hydrogen) atoms. The summed E-state index contributed by atoms with van der Waals surface area (Å²) in [6, 6.07) is 17.4. The average molecular weight is 592 g/mol. The van der Waals surface area contributed by atoms with E-state index in [2.05, 4.69) is 17.0 Å². The highest BCUT2D eigenvalue weighted by atomic mass is 19.1. The van der Waals surface area contributed by atoms with Gasteiger partial charge >= 0.3 is 0 Å². The monoisotopic (exact) mass is 591 g/mol. The lowest BCUT2D eigenvalue weighted by Gasteiger charge is -2.38. The smallest absolute Gasteiger partial charge is 0.276 e. The van der Waals surface area contributed by atoms with E-state index in [0.29, 0.717) is 56.8 Å². The van der Waals surface area contributed by atoms with Gasteiger partial charge in [0.15, 0.2) is 0 Å². The highest BCUT2D eigenvalue weighted by Crippen LogP contribution is 2.24. The van der Waals surface area contributed by atoms with Crippen molar-refractivity contribution in [3.63, 3.8) is 0 Å². The Kier molecular flexibility index (Phi) is 9.17. The fraction of sp³-hybridized carbons (Fsp3) is 0.333. The number of amides is 1. The number of aromatic nitrogens is 2. The van der Waals surface area contributed by atoms with E-state index in [9.17, 15) is 22.8 Å². The van der Waals surface area contributed by atoms with Crippen molar-refractivity contribution in [2.45, 2.75) is 45.3 Å². The first kappa shape index (κ1) is 30.3. The van der Waals surface area contributed by atoms with Crippen molar-refractivity contribution in [3.8, 4) is 5.69 Å². The van der Waals surface area contributed by atoms with E-state index >= 15 is 0 Å². The van der Waals surface area contributed by atoms with Gasteiger partial charge in [0.05, 0.1) is 11.3 Å². The minimum Gasteiger partial charge on any atom is -0.338 e. The molecule has 0 bridgehead atoms. The minimum absolute atomic E-state index is 0.0381. The molecule has 0 saturated carbocycles. The van der Waals surface area contributed by atoms with Gasteiger partial charge in [0, 0.05) is 51.5 Å². The number of carbonyl (C=O) groups is 1. The lowest BCUT2D eigenvalue weighted by Crippen LogP contribution is -2.47. The third kappa shape index (κ3) is 6.45. The number of hydrogen-bond donors (Lipinski definition) is 1. The van der Waals surface area contributed by atoms with Crippen LogP contribution in [0.15, 0.2) is 71.5 Å². The van der Waals surface area contributed by atoms with E-state index in [0.717, 1.165) is 35.4 Å². The normalized spacial score (nSPS) is 14.1. The van der Waals surface area contributed by atoms with E-state index in [1.165, 1.54) is 27.8 Å². The Morgan fingerprint density at radius 1 is 0.930 bits per heavy atom. The van der Waals surface area contributed by atoms with Crippen LogP contribution < -0.4 is 11.3 Å².